The van der Waals surface area contributed by atoms with Gasteiger partial charge in [0.2, 0.25) is 0 Å². The Morgan fingerprint density at radius 3 is 2.57 bits per heavy atom. The molecule has 1 N–H and O–H groups in total. The fourth-order valence-corrected chi connectivity index (χ4v) is 4.22. The van der Waals surface area contributed by atoms with Crippen molar-refractivity contribution in [1.82, 2.24) is 9.88 Å². The number of pyridine rings is 1. The van der Waals surface area contributed by atoms with Crippen LogP contribution < -0.4 is 10.1 Å². The van der Waals surface area contributed by atoms with Crippen molar-refractivity contribution in [3.63, 3.8) is 0 Å². The first-order chi connectivity index (χ1) is 17.7. The number of nitrogens with one attached hydrogen (secondary N) is 1. The third kappa shape index (κ3) is 7.82. The van der Waals surface area contributed by atoms with Crippen LogP contribution in [-0.4, -0.2) is 41.8 Å². The van der Waals surface area contributed by atoms with Gasteiger partial charge in [-0.25, -0.2) is 4.98 Å². The fourth-order valence-electron chi connectivity index (χ4n) is 3.87. The maximum atomic E-state index is 12.7. The predicted molar refractivity (Wildman–Crippen MR) is 140 cm³/mol. The number of nitrogens with zero attached hydrogens (tertiary/aromatic N) is 2. The zero-order chi connectivity index (χ0) is 26.4. The molecule has 10 heteroatoms. The standard InChI is InChI=1S/C27H22Cl2F3N3O2/c28-21-5-8-24(34-26(36)20-9-12-33-25(29)16-20)23(17-21)19-10-14-35(15-11-19)13-1-2-18-3-6-22(7-4-18)37-27(30,31)32/h1-10,12,16-17H,11,13-15H2,(H,34,36)/b2-1+. The van der Waals surface area contributed by atoms with E-state index in [0.29, 0.717) is 29.4 Å². The van der Waals surface area contributed by atoms with E-state index < -0.39 is 6.36 Å². The van der Waals surface area contributed by atoms with Crippen molar-refractivity contribution < 1.29 is 22.7 Å². The Kier molecular flexibility index (Phi) is 8.53. The summed E-state index contributed by atoms with van der Waals surface area (Å²) in [7, 11) is 0. The number of carbonyl (C=O) groups excluding carboxylic acids is 1. The Labute approximate surface area is 222 Å². The minimum atomic E-state index is -4.71. The molecule has 0 unspecified atom stereocenters. The van der Waals surface area contributed by atoms with Crippen molar-refractivity contribution in [2.75, 3.05) is 25.0 Å². The SMILES string of the molecule is O=C(Nc1ccc(Cl)cc1C1=CCN(C/C=C/c2ccc(OC(F)(F)F)cc2)CC1)c1ccnc(Cl)c1. The van der Waals surface area contributed by atoms with Gasteiger partial charge < -0.3 is 10.1 Å². The van der Waals surface area contributed by atoms with Crippen molar-refractivity contribution >= 4 is 46.4 Å². The molecule has 192 valence electrons. The highest BCUT2D eigenvalue weighted by Crippen LogP contribution is 2.32. The quantitative estimate of drug-likeness (QED) is 0.314. The van der Waals surface area contributed by atoms with Gasteiger partial charge in [-0.15, -0.1) is 13.2 Å². The fraction of sp³-hybridized carbons (Fsp3) is 0.185. The van der Waals surface area contributed by atoms with Gasteiger partial charge in [0.05, 0.1) is 0 Å². The molecule has 2 aromatic carbocycles. The number of aromatic nitrogens is 1. The van der Waals surface area contributed by atoms with E-state index in [1.165, 1.54) is 24.4 Å². The van der Waals surface area contributed by atoms with Gasteiger partial charge in [0.15, 0.2) is 0 Å². The smallest absolute Gasteiger partial charge is 0.406 e. The number of hydrogen-bond acceptors (Lipinski definition) is 4. The third-order valence-electron chi connectivity index (χ3n) is 5.65. The van der Waals surface area contributed by atoms with Crippen LogP contribution in [0.25, 0.3) is 11.6 Å². The van der Waals surface area contributed by atoms with Crippen LogP contribution in [0.5, 0.6) is 5.75 Å². The number of hydrogen-bond donors (Lipinski definition) is 1. The normalized spacial score (nSPS) is 14.5. The van der Waals surface area contributed by atoms with Crippen LogP contribution in [0.3, 0.4) is 0 Å². The van der Waals surface area contributed by atoms with Crippen LogP contribution in [0.2, 0.25) is 10.2 Å². The number of rotatable bonds is 7. The van der Waals surface area contributed by atoms with Crippen LogP contribution in [0.15, 0.2) is 72.9 Å². The third-order valence-corrected chi connectivity index (χ3v) is 6.09. The lowest BCUT2D eigenvalue weighted by molar-refractivity contribution is -0.274. The van der Waals surface area contributed by atoms with Crippen molar-refractivity contribution in [3.8, 4) is 5.75 Å². The summed E-state index contributed by atoms with van der Waals surface area (Å²) in [6.07, 6.45) is 3.44. The number of benzene rings is 2. The number of anilines is 1. The average Bonchev–Trinajstić information content (AvgIpc) is 2.86. The molecule has 1 amide bonds. The molecule has 5 nitrogen and oxygen atoms in total. The lowest BCUT2D eigenvalue weighted by Gasteiger charge is -2.26. The summed E-state index contributed by atoms with van der Waals surface area (Å²) in [4.78, 5) is 18.9. The Hall–Kier alpha value is -3.33. The molecule has 0 spiro atoms. The molecule has 0 saturated carbocycles. The maximum absolute atomic E-state index is 12.7. The van der Waals surface area contributed by atoms with Crippen molar-refractivity contribution in [1.29, 1.82) is 0 Å². The highest BCUT2D eigenvalue weighted by Gasteiger charge is 2.30. The summed E-state index contributed by atoms with van der Waals surface area (Å²) in [5.74, 6) is -0.548. The van der Waals surface area contributed by atoms with Crippen LogP contribution in [0, 0.1) is 0 Å². The lowest BCUT2D eigenvalue weighted by Crippen LogP contribution is -2.28. The summed E-state index contributed by atoms with van der Waals surface area (Å²) in [6.45, 7) is 2.15. The van der Waals surface area contributed by atoms with Gasteiger partial charge in [-0.3, -0.25) is 9.69 Å². The molecule has 0 radical (unpaired) electrons. The van der Waals surface area contributed by atoms with Gasteiger partial charge in [0.25, 0.3) is 5.91 Å². The molecular weight excluding hydrogens is 526 g/mol. The topological polar surface area (TPSA) is 54.5 Å². The molecule has 1 aromatic heterocycles. The van der Waals surface area contributed by atoms with E-state index in [4.69, 9.17) is 23.2 Å². The van der Waals surface area contributed by atoms with Crippen molar-refractivity contribution in [2.45, 2.75) is 12.8 Å². The molecule has 1 aliphatic rings. The van der Waals surface area contributed by atoms with E-state index in [1.54, 1.807) is 30.3 Å². The van der Waals surface area contributed by atoms with Crippen LogP contribution >= 0.6 is 23.2 Å². The molecule has 1 aliphatic heterocycles. The van der Waals surface area contributed by atoms with Crippen molar-refractivity contribution in [2.24, 2.45) is 0 Å². The van der Waals surface area contributed by atoms with E-state index in [0.717, 1.165) is 29.7 Å². The second-order valence-electron chi connectivity index (χ2n) is 8.27. The van der Waals surface area contributed by atoms with Gasteiger partial charge in [0, 0.05) is 47.7 Å². The Bertz CT molecular complexity index is 1330. The summed E-state index contributed by atoms with van der Waals surface area (Å²) in [5.41, 5.74) is 3.76. The van der Waals surface area contributed by atoms with Gasteiger partial charge in [-0.1, -0.05) is 53.6 Å². The van der Waals surface area contributed by atoms with Crippen molar-refractivity contribution in [3.05, 3.63) is 99.8 Å². The molecule has 3 aromatic rings. The number of halogens is 5. The molecule has 0 fully saturated rings. The number of carbonyl (C=O) groups is 1. The van der Waals surface area contributed by atoms with E-state index in [-0.39, 0.29) is 16.8 Å². The zero-order valence-electron chi connectivity index (χ0n) is 19.4. The van der Waals surface area contributed by atoms with E-state index in [1.807, 2.05) is 18.2 Å². The van der Waals surface area contributed by atoms with Gasteiger partial charge in [-0.2, -0.15) is 0 Å². The molecule has 37 heavy (non-hydrogen) atoms. The van der Waals surface area contributed by atoms with Crippen LogP contribution in [-0.2, 0) is 0 Å². The second kappa shape index (κ2) is 11.8. The lowest BCUT2D eigenvalue weighted by atomic mass is 9.97. The minimum absolute atomic E-state index is 0.237. The highest BCUT2D eigenvalue weighted by molar-refractivity contribution is 6.31. The van der Waals surface area contributed by atoms with E-state index in [9.17, 15) is 18.0 Å². The molecular formula is C27H22Cl2F3N3O2. The Morgan fingerprint density at radius 1 is 1.11 bits per heavy atom. The summed E-state index contributed by atoms with van der Waals surface area (Å²) < 4.78 is 40.8. The number of alkyl halides is 3. The molecule has 0 atom stereocenters. The molecule has 4 rings (SSSR count). The number of amides is 1. The van der Waals surface area contributed by atoms with E-state index >= 15 is 0 Å². The first-order valence-corrected chi connectivity index (χ1v) is 12.1. The Balaban J connectivity index is 1.37. The van der Waals surface area contributed by atoms with Gasteiger partial charge >= 0.3 is 6.36 Å². The largest absolute Gasteiger partial charge is 0.573 e. The second-order valence-corrected chi connectivity index (χ2v) is 9.09. The first kappa shape index (κ1) is 26.7. The summed E-state index contributed by atoms with van der Waals surface area (Å²) in [5, 5.41) is 3.74. The summed E-state index contributed by atoms with van der Waals surface area (Å²) >= 11 is 12.2. The maximum Gasteiger partial charge on any atom is 0.573 e. The van der Waals surface area contributed by atoms with Gasteiger partial charge in [0.1, 0.15) is 10.9 Å². The molecule has 2 heterocycles. The molecule has 0 aliphatic carbocycles. The Morgan fingerprint density at radius 2 is 1.89 bits per heavy atom. The average molecular weight is 548 g/mol. The summed E-state index contributed by atoms with van der Waals surface area (Å²) in [6, 6.07) is 14.1. The van der Waals surface area contributed by atoms with Crippen LogP contribution in [0.4, 0.5) is 18.9 Å². The van der Waals surface area contributed by atoms with Crippen LogP contribution in [0.1, 0.15) is 27.9 Å². The van der Waals surface area contributed by atoms with E-state index in [2.05, 4.69) is 26.0 Å². The number of ether oxygens (including phenoxy) is 1. The minimum Gasteiger partial charge on any atom is -0.406 e. The highest BCUT2D eigenvalue weighted by atomic mass is 35.5. The zero-order valence-corrected chi connectivity index (χ0v) is 20.9. The predicted octanol–water partition coefficient (Wildman–Crippen LogP) is 7.34. The monoisotopic (exact) mass is 547 g/mol. The molecule has 0 saturated heterocycles. The van der Waals surface area contributed by atoms with Gasteiger partial charge in [-0.05, 0) is 60.0 Å². The molecule has 0 bridgehead atoms. The first-order valence-electron chi connectivity index (χ1n) is 11.3.